The van der Waals surface area contributed by atoms with Crippen molar-refractivity contribution in [3.8, 4) is 11.5 Å². The number of rotatable bonds is 6. The molecule has 0 saturated carbocycles. The molecule has 0 bridgehead atoms. The van der Waals surface area contributed by atoms with Crippen molar-refractivity contribution in [1.82, 2.24) is 9.88 Å². The average Bonchev–Trinajstić information content (AvgIpc) is 2.97. The van der Waals surface area contributed by atoms with Gasteiger partial charge >= 0.3 is 0 Å². The molecule has 1 aliphatic rings. The quantitative estimate of drug-likeness (QED) is 0.770. The van der Waals surface area contributed by atoms with Crippen molar-refractivity contribution in [2.45, 2.75) is 52.2 Å². The molecule has 1 saturated heterocycles. The minimum Gasteiger partial charge on any atom is -0.497 e. The largest absolute Gasteiger partial charge is 0.497 e. The molecular weight excluding hydrogens is 388 g/mol. The summed E-state index contributed by atoms with van der Waals surface area (Å²) in [5.41, 5.74) is -0.105. The van der Waals surface area contributed by atoms with Crippen LogP contribution in [0.25, 0.3) is 0 Å². The molecule has 1 N–H and O–H groups in total. The van der Waals surface area contributed by atoms with Gasteiger partial charge in [0.15, 0.2) is 0 Å². The number of thiazole rings is 1. The molecule has 0 aliphatic carbocycles. The van der Waals surface area contributed by atoms with Crippen LogP contribution in [0.3, 0.4) is 0 Å². The fraction of sp³-hybridized carbons (Fsp3) is 0.545. The maximum Gasteiger partial charge on any atom is 0.225 e. The van der Waals surface area contributed by atoms with E-state index >= 15 is 0 Å². The van der Waals surface area contributed by atoms with Crippen LogP contribution in [0, 0.1) is 12.8 Å². The lowest BCUT2D eigenvalue weighted by molar-refractivity contribution is -0.134. The SMILES string of the molecule is COc1ccc(OCc2sc([C@@]3(O)CCCN(C(=O)C(C)C)CC3)nc2C)cc1. The minimum absolute atomic E-state index is 0.0231. The van der Waals surface area contributed by atoms with Crippen LogP contribution in [-0.2, 0) is 17.0 Å². The van der Waals surface area contributed by atoms with Crippen LogP contribution in [-0.4, -0.2) is 41.1 Å². The average molecular weight is 419 g/mol. The van der Waals surface area contributed by atoms with Crippen molar-refractivity contribution in [3.05, 3.63) is 39.8 Å². The van der Waals surface area contributed by atoms with Gasteiger partial charge in [-0.3, -0.25) is 4.79 Å². The van der Waals surface area contributed by atoms with Crippen molar-refractivity contribution in [3.63, 3.8) is 0 Å². The molecule has 0 spiro atoms. The zero-order valence-electron chi connectivity index (χ0n) is 17.6. The molecule has 1 aliphatic heterocycles. The molecular formula is C22H30N2O4S. The van der Waals surface area contributed by atoms with E-state index in [0.717, 1.165) is 33.5 Å². The number of methoxy groups -OCH3 is 1. The molecule has 1 fully saturated rings. The van der Waals surface area contributed by atoms with E-state index in [-0.39, 0.29) is 11.8 Å². The summed E-state index contributed by atoms with van der Waals surface area (Å²) in [6.07, 6.45) is 1.89. The first kappa shape index (κ1) is 21.6. The van der Waals surface area contributed by atoms with Gasteiger partial charge in [-0.25, -0.2) is 4.98 Å². The number of nitrogens with zero attached hydrogens (tertiary/aromatic N) is 2. The summed E-state index contributed by atoms with van der Waals surface area (Å²) in [6.45, 7) is 7.43. The van der Waals surface area contributed by atoms with Crippen molar-refractivity contribution >= 4 is 17.2 Å². The van der Waals surface area contributed by atoms with Crippen LogP contribution in [0.4, 0.5) is 0 Å². The van der Waals surface area contributed by atoms with Crippen molar-refractivity contribution in [2.24, 2.45) is 5.92 Å². The molecule has 0 radical (unpaired) electrons. The fourth-order valence-corrected chi connectivity index (χ4v) is 4.62. The third-order valence-electron chi connectivity index (χ3n) is 5.34. The molecule has 0 unspecified atom stereocenters. The van der Waals surface area contributed by atoms with Gasteiger partial charge in [-0.05, 0) is 44.0 Å². The maximum atomic E-state index is 12.3. The zero-order chi connectivity index (χ0) is 21.0. The molecule has 6 nitrogen and oxygen atoms in total. The van der Waals surface area contributed by atoms with Crippen molar-refractivity contribution in [1.29, 1.82) is 0 Å². The lowest BCUT2D eigenvalue weighted by Gasteiger charge is -2.25. The van der Waals surface area contributed by atoms with Gasteiger partial charge in [-0.15, -0.1) is 11.3 Å². The van der Waals surface area contributed by atoms with Gasteiger partial charge < -0.3 is 19.5 Å². The standard InChI is InChI=1S/C22H30N2O4S/c1-15(2)20(25)24-12-5-10-22(26,11-13-24)21-23-16(3)19(29-21)14-28-18-8-6-17(27-4)7-9-18/h6-9,15,26H,5,10-14H2,1-4H3/t22-/m1/s1. The molecule has 2 aromatic rings. The molecule has 29 heavy (non-hydrogen) atoms. The molecule has 2 heterocycles. The Balaban J connectivity index is 1.67. The monoisotopic (exact) mass is 418 g/mol. The first-order chi connectivity index (χ1) is 13.8. The number of likely N-dealkylation sites (tertiary alicyclic amines) is 1. The molecule has 158 valence electrons. The molecule has 7 heteroatoms. The van der Waals surface area contributed by atoms with E-state index in [1.165, 1.54) is 11.3 Å². The Kier molecular flexibility index (Phi) is 6.80. The lowest BCUT2D eigenvalue weighted by atomic mass is 9.96. The van der Waals surface area contributed by atoms with Crippen molar-refractivity contribution < 1.29 is 19.4 Å². The highest BCUT2D eigenvalue weighted by Crippen LogP contribution is 2.37. The third-order valence-corrected chi connectivity index (χ3v) is 6.66. The topological polar surface area (TPSA) is 71.9 Å². The van der Waals surface area contributed by atoms with E-state index in [2.05, 4.69) is 4.98 Å². The van der Waals surface area contributed by atoms with E-state index < -0.39 is 5.60 Å². The van der Waals surface area contributed by atoms with Gasteiger partial charge in [0.2, 0.25) is 5.91 Å². The van der Waals surface area contributed by atoms with E-state index in [4.69, 9.17) is 9.47 Å². The van der Waals surface area contributed by atoms with E-state index in [1.807, 2.05) is 49.9 Å². The van der Waals surface area contributed by atoms with Crippen LogP contribution in [0.2, 0.25) is 0 Å². The van der Waals surface area contributed by atoms with E-state index in [1.54, 1.807) is 7.11 Å². The normalized spacial score (nSPS) is 19.9. The van der Waals surface area contributed by atoms with Gasteiger partial charge in [0.25, 0.3) is 0 Å². The van der Waals surface area contributed by atoms with Crippen molar-refractivity contribution in [2.75, 3.05) is 20.2 Å². The maximum absolute atomic E-state index is 12.3. The van der Waals surface area contributed by atoms with E-state index in [9.17, 15) is 9.90 Å². The summed E-state index contributed by atoms with van der Waals surface area (Å²) in [5, 5.41) is 12.0. The molecule has 1 amide bonds. The van der Waals surface area contributed by atoms with Gasteiger partial charge in [-0.2, -0.15) is 0 Å². The second kappa shape index (κ2) is 9.13. The number of aryl methyl sites for hydroxylation is 1. The van der Waals surface area contributed by atoms with Gasteiger partial charge in [0.1, 0.15) is 28.7 Å². The predicted molar refractivity (Wildman–Crippen MR) is 113 cm³/mol. The minimum atomic E-state index is -0.986. The number of hydrogen-bond donors (Lipinski definition) is 1. The molecule has 1 atom stereocenters. The summed E-state index contributed by atoms with van der Waals surface area (Å²) in [6, 6.07) is 7.46. The summed E-state index contributed by atoms with van der Waals surface area (Å²) in [7, 11) is 1.63. The molecule has 3 rings (SSSR count). The Bertz CT molecular complexity index is 834. The van der Waals surface area contributed by atoms with Crippen LogP contribution in [0.1, 0.15) is 48.7 Å². The van der Waals surface area contributed by atoms with Gasteiger partial charge in [0, 0.05) is 25.4 Å². The smallest absolute Gasteiger partial charge is 0.225 e. The van der Waals surface area contributed by atoms with Crippen LogP contribution < -0.4 is 9.47 Å². The predicted octanol–water partition coefficient (Wildman–Crippen LogP) is 3.90. The second-order valence-electron chi connectivity index (χ2n) is 7.86. The van der Waals surface area contributed by atoms with Gasteiger partial charge in [0.05, 0.1) is 17.7 Å². The number of aromatic nitrogens is 1. The Morgan fingerprint density at radius 1 is 1.24 bits per heavy atom. The summed E-state index contributed by atoms with van der Waals surface area (Å²) in [5.74, 6) is 1.67. The number of aliphatic hydroxyl groups is 1. The van der Waals surface area contributed by atoms with Crippen LogP contribution >= 0.6 is 11.3 Å². The Labute approximate surface area is 176 Å². The Morgan fingerprint density at radius 2 is 1.93 bits per heavy atom. The van der Waals surface area contributed by atoms with E-state index in [0.29, 0.717) is 32.5 Å². The molecule has 1 aromatic heterocycles. The highest BCUT2D eigenvalue weighted by molar-refractivity contribution is 7.11. The Morgan fingerprint density at radius 3 is 2.59 bits per heavy atom. The second-order valence-corrected chi connectivity index (χ2v) is 8.94. The number of carbonyl (C=O) groups excluding carboxylic acids is 1. The number of ether oxygens (including phenoxy) is 2. The number of carbonyl (C=O) groups is 1. The summed E-state index contributed by atoms with van der Waals surface area (Å²) >= 11 is 1.50. The van der Waals surface area contributed by atoms with Gasteiger partial charge in [-0.1, -0.05) is 13.8 Å². The Hall–Kier alpha value is -2.12. The van der Waals surface area contributed by atoms with Crippen LogP contribution in [0.5, 0.6) is 11.5 Å². The first-order valence-electron chi connectivity index (χ1n) is 10.1. The highest BCUT2D eigenvalue weighted by Gasteiger charge is 2.36. The third kappa shape index (κ3) is 5.08. The fourth-order valence-electron chi connectivity index (χ4n) is 3.50. The van der Waals surface area contributed by atoms with Crippen LogP contribution in [0.15, 0.2) is 24.3 Å². The number of amides is 1. The zero-order valence-corrected chi connectivity index (χ0v) is 18.4. The summed E-state index contributed by atoms with van der Waals surface area (Å²) < 4.78 is 11.0. The molecule has 1 aromatic carbocycles. The number of hydrogen-bond acceptors (Lipinski definition) is 6. The highest BCUT2D eigenvalue weighted by atomic mass is 32.1. The summed E-state index contributed by atoms with van der Waals surface area (Å²) in [4.78, 5) is 19.9. The first-order valence-corrected chi connectivity index (χ1v) is 10.9. The lowest BCUT2D eigenvalue weighted by Crippen LogP contribution is -2.36. The number of benzene rings is 1.